The molecule has 0 saturated carbocycles. The molecule has 0 fully saturated rings. The van der Waals surface area contributed by atoms with Crippen LogP contribution in [0, 0.1) is 13.8 Å². The highest BCUT2D eigenvalue weighted by Crippen LogP contribution is 2.34. The number of amides is 2. The number of benzene rings is 3. The Morgan fingerprint density at radius 3 is 2.14 bits per heavy atom. The van der Waals surface area contributed by atoms with Crippen LogP contribution in [0.15, 0.2) is 69.9 Å². The second kappa shape index (κ2) is 9.05. The molecule has 1 atom stereocenters. The third kappa shape index (κ3) is 3.96. The molecule has 3 aromatic carbocycles. The minimum atomic E-state index is -1.29. The Morgan fingerprint density at radius 2 is 1.54 bits per heavy atom. The molecule has 0 unspecified atom stereocenters. The van der Waals surface area contributed by atoms with Gasteiger partial charge in [-0.25, -0.2) is 4.79 Å². The smallest absolute Gasteiger partial charge is 0.334 e. The molecular formula is C29H23NO7. The zero-order valence-corrected chi connectivity index (χ0v) is 20.7. The molecule has 1 aliphatic rings. The lowest BCUT2D eigenvalue weighted by molar-refractivity contribution is -0.138. The van der Waals surface area contributed by atoms with Crippen LogP contribution < -0.4 is 14.9 Å². The van der Waals surface area contributed by atoms with E-state index in [1.165, 1.54) is 26.2 Å². The van der Waals surface area contributed by atoms with E-state index in [1.54, 1.807) is 42.5 Å². The molecule has 186 valence electrons. The minimum absolute atomic E-state index is 0.0509. The van der Waals surface area contributed by atoms with Crippen LogP contribution in [-0.2, 0) is 4.79 Å². The van der Waals surface area contributed by atoms with E-state index in [2.05, 4.69) is 0 Å². The summed E-state index contributed by atoms with van der Waals surface area (Å²) in [5, 5.41) is 0.256. The molecule has 4 aromatic rings. The maximum atomic E-state index is 13.6. The van der Waals surface area contributed by atoms with Gasteiger partial charge < -0.3 is 13.9 Å². The van der Waals surface area contributed by atoms with Crippen LogP contribution in [0.5, 0.6) is 11.5 Å². The summed E-state index contributed by atoms with van der Waals surface area (Å²) in [7, 11) is 1.53. The summed E-state index contributed by atoms with van der Waals surface area (Å²) < 4.78 is 17.0. The first-order chi connectivity index (χ1) is 17.7. The Bertz CT molecular complexity index is 1610. The van der Waals surface area contributed by atoms with Crippen LogP contribution in [0.4, 0.5) is 0 Å². The van der Waals surface area contributed by atoms with E-state index < -0.39 is 29.3 Å². The van der Waals surface area contributed by atoms with Gasteiger partial charge in [-0.05, 0) is 74.4 Å². The van der Waals surface area contributed by atoms with Crippen molar-refractivity contribution in [3.8, 4) is 22.8 Å². The Morgan fingerprint density at radius 1 is 0.919 bits per heavy atom. The summed E-state index contributed by atoms with van der Waals surface area (Å²) in [6, 6.07) is 15.3. The second-order valence-corrected chi connectivity index (χ2v) is 8.90. The number of esters is 1. The Kier molecular flexibility index (Phi) is 5.87. The van der Waals surface area contributed by atoms with Crippen molar-refractivity contribution in [1.82, 2.24) is 4.90 Å². The summed E-state index contributed by atoms with van der Waals surface area (Å²) in [5.41, 5.74) is 2.32. The maximum absolute atomic E-state index is 13.6. The van der Waals surface area contributed by atoms with E-state index in [0.29, 0.717) is 16.9 Å². The van der Waals surface area contributed by atoms with Gasteiger partial charge in [0.2, 0.25) is 11.2 Å². The summed E-state index contributed by atoms with van der Waals surface area (Å²) in [4.78, 5) is 53.5. The second-order valence-electron chi connectivity index (χ2n) is 8.90. The number of aryl methyl sites for hydroxylation is 2. The lowest BCUT2D eigenvalue weighted by Crippen LogP contribution is -2.45. The number of ether oxygens (including phenoxy) is 2. The SMILES string of the molecule is COc1ccc(-c2oc3c(C)cc(C)cc3c(=O)c2OC(=O)[C@@H](C)N2C(=O)c3ccccc3C2=O)cc1. The standard InChI is InChI=1S/C29H23NO7/c1-15-13-16(2)24-22(14-15)23(31)26(25(36-24)18-9-11-19(35-4)12-10-18)37-29(34)17(3)30-27(32)20-7-5-6-8-21(20)28(30)33/h5-14,17H,1-4H3/t17-/m1/s1. The number of hydrogen-bond acceptors (Lipinski definition) is 7. The number of rotatable bonds is 5. The Hall–Kier alpha value is -4.72. The number of nitrogens with zero attached hydrogens (tertiary/aromatic N) is 1. The predicted octanol–water partition coefficient (Wildman–Crippen LogP) is 4.68. The van der Waals surface area contributed by atoms with Crippen molar-refractivity contribution in [2.75, 3.05) is 7.11 Å². The molecule has 0 spiro atoms. The van der Waals surface area contributed by atoms with Gasteiger partial charge in [0, 0.05) is 5.56 Å². The molecule has 0 radical (unpaired) electrons. The van der Waals surface area contributed by atoms with Gasteiger partial charge in [0.1, 0.15) is 17.4 Å². The summed E-state index contributed by atoms with van der Waals surface area (Å²) in [6.45, 7) is 5.05. The lowest BCUT2D eigenvalue weighted by atomic mass is 10.1. The molecule has 1 aromatic heterocycles. The third-order valence-corrected chi connectivity index (χ3v) is 6.39. The van der Waals surface area contributed by atoms with E-state index >= 15 is 0 Å². The average molecular weight is 498 g/mol. The Labute approximate surface area is 212 Å². The van der Waals surface area contributed by atoms with Crippen LogP contribution in [0.2, 0.25) is 0 Å². The van der Waals surface area contributed by atoms with Crippen molar-refractivity contribution in [2.24, 2.45) is 0 Å². The molecule has 1 aliphatic heterocycles. The molecule has 0 bridgehead atoms. The fourth-order valence-corrected chi connectivity index (χ4v) is 4.51. The highest BCUT2D eigenvalue weighted by molar-refractivity contribution is 6.22. The van der Waals surface area contributed by atoms with E-state index in [0.717, 1.165) is 16.0 Å². The van der Waals surface area contributed by atoms with Gasteiger partial charge in [0.15, 0.2) is 5.76 Å². The van der Waals surface area contributed by atoms with E-state index in [4.69, 9.17) is 13.9 Å². The molecule has 2 amide bonds. The van der Waals surface area contributed by atoms with Crippen molar-refractivity contribution >= 4 is 28.8 Å². The zero-order chi connectivity index (χ0) is 26.4. The normalized spacial score (nSPS) is 13.6. The zero-order valence-electron chi connectivity index (χ0n) is 20.7. The van der Waals surface area contributed by atoms with Crippen molar-refractivity contribution in [2.45, 2.75) is 26.8 Å². The number of methoxy groups -OCH3 is 1. The predicted molar refractivity (Wildman–Crippen MR) is 136 cm³/mol. The van der Waals surface area contributed by atoms with Gasteiger partial charge >= 0.3 is 5.97 Å². The number of imide groups is 1. The lowest BCUT2D eigenvalue weighted by Gasteiger charge is -2.21. The first kappa shape index (κ1) is 24.0. The van der Waals surface area contributed by atoms with Crippen molar-refractivity contribution < 1.29 is 28.3 Å². The fraction of sp³-hybridized carbons (Fsp3) is 0.172. The van der Waals surface area contributed by atoms with E-state index in [9.17, 15) is 19.2 Å². The van der Waals surface area contributed by atoms with Gasteiger partial charge in [0.05, 0.1) is 23.6 Å². The maximum Gasteiger partial charge on any atom is 0.334 e. The first-order valence-electron chi connectivity index (χ1n) is 11.6. The molecule has 8 heteroatoms. The monoisotopic (exact) mass is 497 g/mol. The topological polar surface area (TPSA) is 103 Å². The van der Waals surface area contributed by atoms with Crippen LogP contribution in [0.1, 0.15) is 38.8 Å². The highest BCUT2D eigenvalue weighted by atomic mass is 16.5. The van der Waals surface area contributed by atoms with Gasteiger partial charge in [-0.3, -0.25) is 19.3 Å². The molecule has 5 rings (SSSR count). The molecular weight excluding hydrogens is 474 g/mol. The largest absolute Gasteiger partial charge is 0.497 e. The first-order valence-corrected chi connectivity index (χ1v) is 11.6. The highest BCUT2D eigenvalue weighted by Gasteiger charge is 2.41. The van der Waals surface area contributed by atoms with E-state index in [-0.39, 0.29) is 28.0 Å². The molecule has 37 heavy (non-hydrogen) atoms. The van der Waals surface area contributed by atoms with Gasteiger partial charge in [-0.2, -0.15) is 0 Å². The summed E-state index contributed by atoms with van der Waals surface area (Å²) in [5.74, 6) is -1.82. The van der Waals surface area contributed by atoms with Crippen molar-refractivity contribution in [3.63, 3.8) is 0 Å². The van der Waals surface area contributed by atoms with Crippen LogP contribution in [-0.4, -0.2) is 35.8 Å². The fourth-order valence-electron chi connectivity index (χ4n) is 4.51. The summed E-state index contributed by atoms with van der Waals surface area (Å²) in [6.07, 6.45) is 0. The van der Waals surface area contributed by atoms with Gasteiger partial charge in [-0.15, -0.1) is 0 Å². The molecule has 2 heterocycles. The van der Waals surface area contributed by atoms with E-state index in [1.807, 2.05) is 19.9 Å². The number of carbonyl (C=O) groups excluding carboxylic acids is 3. The number of fused-ring (bicyclic) bond motifs is 2. The minimum Gasteiger partial charge on any atom is -0.497 e. The molecule has 0 aliphatic carbocycles. The van der Waals surface area contributed by atoms with Crippen LogP contribution in [0.3, 0.4) is 0 Å². The summed E-state index contributed by atoms with van der Waals surface area (Å²) >= 11 is 0. The molecule has 0 saturated heterocycles. The quantitative estimate of drug-likeness (QED) is 0.291. The molecule has 8 nitrogen and oxygen atoms in total. The van der Waals surface area contributed by atoms with Gasteiger partial charge in [0.25, 0.3) is 11.8 Å². The number of carbonyl (C=O) groups is 3. The van der Waals surface area contributed by atoms with Crippen molar-refractivity contribution in [3.05, 3.63) is 93.1 Å². The average Bonchev–Trinajstić information content (AvgIpc) is 3.15. The van der Waals surface area contributed by atoms with Crippen LogP contribution in [0.25, 0.3) is 22.3 Å². The third-order valence-electron chi connectivity index (χ3n) is 6.39. The Balaban J connectivity index is 1.59. The molecule has 0 N–H and O–H groups in total. The van der Waals surface area contributed by atoms with Gasteiger partial charge in [-0.1, -0.05) is 18.2 Å². The van der Waals surface area contributed by atoms with Crippen LogP contribution >= 0.6 is 0 Å². The number of hydrogen-bond donors (Lipinski definition) is 0. The van der Waals surface area contributed by atoms with Crippen molar-refractivity contribution in [1.29, 1.82) is 0 Å².